The number of fused-ring (bicyclic) bond motifs is 1. The second-order valence-corrected chi connectivity index (χ2v) is 6.69. The molecule has 0 aliphatic carbocycles. The molecule has 0 unspecified atom stereocenters. The van der Waals surface area contributed by atoms with Gasteiger partial charge in [-0.25, -0.2) is 19.7 Å². The zero-order valence-electron chi connectivity index (χ0n) is 14.1. The summed E-state index contributed by atoms with van der Waals surface area (Å²) in [5, 5.41) is 9.82. The molecule has 0 spiro atoms. The lowest BCUT2D eigenvalue weighted by Gasteiger charge is -2.36. The molecule has 24 heavy (non-hydrogen) atoms. The van der Waals surface area contributed by atoms with E-state index in [-0.39, 0.29) is 12.0 Å². The number of anilines is 1. The maximum absolute atomic E-state index is 12.1. The minimum Gasteiger partial charge on any atom is -0.492 e. The fourth-order valence-electron chi connectivity index (χ4n) is 2.54. The number of amides is 1. The second-order valence-electron chi connectivity index (χ2n) is 6.69. The zero-order chi connectivity index (χ0) is 17.3. The molecular formula is C16H21N5O3. The van der Waals surface area contributed by atoms with E-state index in [1.807, 2.05) is 26.8 Å². The number of hydrogen-bond acceptors (Lipinski definition) is 7. The van der Waals surface area contributed by atoms with Gasteiger partial charge in [0.2, 0.25) is 5.88 Å². The molecule has 1 saturated heterocycles. The quantitative estimate of drug-likeness (QED) is 0.851. The fraction of sp³-hybridized carbons (Fsp3) is 0.500. The summed E-state index contributed by atoms with van der Waals surface area (Å²) in [6.07, 6.45) is 1.01. The Labute approximate surface area is 140 Å². The van der Waals surface area contributed by atoms with E-state index in [0.717, 1.165) is 5.82 Å². The molecule has 3 heterocycles. The van der Waals surface area contributed by atoms with Gasteiger partial charge in [0.05, 0.1) is 5.52 Å². The van der Waals surface area contributed by atoms with Crippen LogP contribution in [0.3, 0.4) is 0 Å². The Morgan fingerprint density at radius 2 is 1.88 bits per heavy atom. The van der Waals surface area contributed by atoms with Gasteiger partial charge in [-0.2, -0.15) is 0 Å². The third-order valence-electron chi connectivity index (χ3n) is 3.70. The normalized spacial score (nSPS) is 15.6. The summed E-state index contributed by atoms with van der Waals surface area (Å²) >= 11 is 0. The smallest absolute Gasteiger partial charge is 0.410 e. The first-order chi connectivity index (χ1) is 11.3. The van der Waals surface area contributed by atoms with Gasteiger partial charge in [0.1, 0.15) is 17.7 Å². The summed E-state index contributed by atoms with van der Waals surface area (Å²) in [5.74, 6) is 0.602. The Morgan fingerprint density at radius 1 is 1.17 bits per heavy atom. The molecule has 0 atom stereocenters. The summed E-state index contributed by atoms with van der Waals surface area (Å²) in [5.41, 5.74) is 0.481. The van der Waals surface area contributed by atoms with Gasteiger partial charge in [0.15, 0.2) is 5.52 Å². The number of rotatable bonds is 1. The van der Waals surface area contributed by atoms with Gasteiger partial charge in [0, 0.05) is 26.2 Å². The minimum atomic E-state index is -0.494. The van der Waals surface area contributed by atoms with Crippen LogP contribution in [0, 0.1) is 0 Å². The Kier molecular flexibility index (Phi) is 4.13. The summed E-state index contributed by atoms with van der Waals surface area (Å²) in [6.45, 7) is 7.98. The van der Waals surface area contributed by atoms with Crippen molar-refractivity contribution < 1.29 is 14.6 Å². The molecule has 0 bridgehead atoms. The van der Waals surface area contributed by atoms with Crippen molar-refractivity contribution in [2.24, 2.45) is 0 Å². The molecule has 1 aliphatic heterocycles. The molecule has 128 valence electrons. The Bertz CT molecular complexity index is 751. The van der Waals surface area contributed by atoms with Crippen molar-refractivity contribution in [1.29, 1.82) is 0 Å². The van der Waals surface area contributed by atoms with E-state index in [0.29, 0.717) is 37.2 Å². The molecule has 3 rings (SSSR count). The van der Waals surface area contributed by atoms with Gasteiger partial charge in [-0.15, -0.1) is 0 Å². The third-order valence-corrected chi connectivity index (χ3v) is 3.70. The molecule has 1 fully saturated rings. The first kappa shape index (κ1) is 16.2. The number of aromatic nitrogens is 3. The van der Waals surface area contributed by atoms with E-state index in [1.165, 1.54) is 6.33 Å². The number of carbonyl (C=O) groups is 1. The number of piperazine rings is 1. The largest absolute Gasteiger partial charge is 0.492 e. The second kappa shape index (κ2) is 6.10. The Balaban J connectivity index is 1.69. The number of nitrogens with zero attached hydrogens (tertiary/aromatic N) is 5. The molecule has 8 nitrogen and oxygen atoms in total. The number of aromatic hydroxyl groups is 1. The van der Waals surface area contributed by atoms with Crippen LogP contribution < -0.4 is 4.90 Å². The molecule has 1 aliphatic rings. The SMILES string of the molecule is CC(C)(C)OC(=O)N1CCN(c2ccc3ncnc(O)c3n2)CC1. The molecule has 8 heteroatoms. The lowest BCUT2D eigenvalue weighted by molar-refractivity contribution is 0.0240. The molecule has 0 saturated carbocycles. The highest BCUT2D eigenvalue weighted by Crippen LogP contribution is 2.22. The summed E-state index contributed by atoms with van der Waals surface area (Å²) < 4.78 is 5.39. The summed E-state index contributed by atoms with van der Waals surface area (Å²) in [4.78, 5) is 28.1. The lowest BCUT2D eigenvalue weighted by atomic mass is 10.2. The van der Waals surface area contributed by atoms with Crippen molar-refractivity contribution in [3.05, 3.63) is 18.5 Å². The first-order valence-corrected chi connectivity index (χ1v) is 7.87. The van der Waals surface area contributed by atoms with E-state index in [1.54, 1.807) is 11.0 Å². The summed E-state index contributed by atoms with van der Waals surface area (Å²) in [7, 11) is 0. The standard InChI is InChI=1S/C16H21N5O3/c1-16(2,3)24-15(23)21-8-6-20(7-9-21)12-5-4-11-13(19-12)14(22)18-10-17-11/h4-5,10H,6-9H2,1-3H3,(H,17,18,22). The highest BCUT2D eigenvalue weighted by atomic mass is 16.6. The highest BCUT2D eigenvalue weighted by Gasteiger charge is 2.26. The van der Waals surface area contributed by atoms with Crippen LogP contribution in [0.15, 0.2) is 18.5 Å². The van der Waals surface area contributed by atoms with E-state index in [2.05, 4.69) is 19.9 Å². The van der Waals surface area contributed by atoms with Crippen LogP contribution in [-0.4, -0.2) is 62.8 Å². The third kappa shape index (κ3) is 3.47. The molecule has 2 aromatic heterocycles. The van der Waals surface area contributed by atoms with Crippen molar-refractivity contribution in [2.45, 2.75) is 26.4 Å². The van der Waals surface area contributed by atoms with Gasteiger partial charge in [0.25, 0.3) is 0 Å². The van der Waals surface area contributed by atoms with Gasteiger partial charge < -0.3 is 19.6 Å². The Hall–Kier alpha value is -2.64. The van der Waals surface area contributed by atoms with Crippen LogP contribution in [0.5, 0.6) is 5.88 Å². The van der Waals surface area contributed by atoms with Crippen molar-refractivity contribution >= 4 is 22.9 Å². The monoisotopic (exact) mass is 331 g/mol. The number of hydrogen-bond donors (Lipinski definition) is 1. The minimum absolute atomic E-state index is 0.130. The Morgan fingerprint density at radius 3 is 2.54 bits per heavy atom. The fourth-order valence-corrected chi connectivity index (χ4v) is 2.54. The van der Waals surface area contributed by atoms with Crippen molar-refractivity contribution in [1.82, 2.24) is 19.9 Å². The van der Waals surface area contributed by atoms with Crippen molar-refractivity contribution in [3.8, 4) is 5.88 Å². The number of carbonyl (C=O) groups excluding carboxylic acids is 1. The van der Waals surface area contributed by atoms with E-state index >= 15 is 0 Å². The molecule has 1 N–H and O–H groups in total. The van der Waals surface area contributed by atoms with Crippen molar-refractivity contribution in [3.63, 3.8) is 0 Å². The van der Waals surface area contributed by atoms with Crippen LogP contribution in [0.2, 0.25) is 0 Å². The van der Waals surface area contributed by atoms with Gasteiger partial charge in [-0.05, 0) is 32.9 Å². The lowest BCUT2D eigenvalue weighted by Crippen LogP contribution is -2.50. The maximum atomic E-state index is 12.1. The van der Waals surface area contributed by atoms with Crippen LogP contribution in [0.25, 0.3) is 11.0 Å². The van der Waals surface area contributed by atoms with E-state index < -0.39 is 5.60 Å². The number of pyridine rings is 1. The molecule has 1 amide bonds. The van der Waals surface area contributed by atoms with E-state index in [4.69, 9.17) is 4.74 Å². The number of ether oxygens (including phenoxy) is 1. The topological polar surface area (TPSA) is 91.7 Å². The highest BCUT2D eigenvalue weighted by molar-refractivity contribution is 5.80. The molecule has 0 radical (unpaired) electrons. The van der Waals surface area contributed by atoms with Crippen LogP contribution >= 0.6 is 0 Å². The van der Waals surface area contributed by atoms with Crippen LogP contribution in [0.4, 0.5) is 10.6 Å². The molecule has 2 aromatic rings. The maximum Gasteiger partial charge on any atom is 0.410 e. The van der Waals surface area contributed by atoms with E-state index in [9.17, 15) is 9.90 Å². The first-order valence-electron chi connectivity index (χ1n) is 7.87. The molecular weight excluding hydrogens is 310 g/mol. The van der Waals surface area contributed by atoms with Crippen LogP contribution in [0.1, 0.15) is 20.8 Å². The predicted octanol–water partition coefficient (Wildman–Crippen LogP) is 1.79. The average molecular weight is 331 g/mol. The predicted molar refractivity (Wildman–Crippen MR) is 89.0 cm³/mol. The van der Waals surface area contributed by atoms with Gasteiger partial charge >= 0.3 is 6.09 Å². The van der Waals surface area contributed by atoms with Crippen LogP contribution in [-0.2, 0) is 4.74 Å². The van der Waals surface area contributed by atoms with Gasteiger partial charge in [-0.1, -0.05) is 0 Å². The average Bonchev–Trinajstić information content (AvgIpc) is 2.53. The zero-order valence-corrected chi connectivity index (χ0v) is 14.1. The summed E-state index contributed by atoms with van der Waals surface area (Å²) in [6, 6.07) is 3.66. The molecule has 0 aromatic carbocycles. The van der Waals surface area contributed by atoms with Gasteiger partial charge in [-0.3, -0.25) is 0 Å². The van der Waals surface area contributed by atoms with Crippen molar-refractivity contribution in [2.75, 3.05) is 31.1 Å².